The van der Waals surface area contributed by atoms with Gasteiger partial charge in [0.25, 0.3) is 0 Å². The zero-order valence-electron chi connectivity index (χ0n) is 12.0. The molecule has 19 heavy (non-hydrogen) atoms. The maximum absolute atomic E-state index is 4.25. The molecule has 0 unspecified atom stereocenters. The second-order valence-corrected chi connectivity index (χ2v) is 5.83. The van der Waals surface area contributed by atoms with Crippen LogP contribution in [0.3, 0.4) is 0 Å². The SMILES string of the molecule is Cc1ccc(N=Nc2ccc(C(C)(C)C)cc2)cc1. The van der Waals surface area contributed by atoms with E-state index in [0.29, 0.717) is 0 Å². The van der Waals surface area contributed by atoms with Crippen LogP contribution >= 0.6 is 0 Å². The lowest BCUT2D eigenvalue weighted by atomic mass is 9.87. The van der Waals surface area contributed by atoms with E-state index in [1.807, 2.05) is 36.4 Å². The first-order chi connectivity index (χ1) is 8.95. The van der Waals surface area contributed by atoms with Crippen LogP contribution in [0.25, 0.3) is 0 Å². The minimum atomic E-state index is 0.173. The molecule has 2 aromatic rings. The van der Waals surface area contributed by atoms with Gasteiger partial charge in [0.05, 0.1) is 11.4 Å². The molecule has 0 saturated heterocycles. The van der Waals surface area contributed by atoms with Crippen LogP contribution < -0.4 is 0 Å². The third-order valence-corrected chi connectivity index (χ3v) is 3.05. The Kier molecular flexibility index (Phi) is 3.79. The van der Waals surface area contributed by atoms with Gasteiger partial charge in [-0.3, -0.25) is 0 Å². The second kappa shape index (κ2) is 5.35. The van der Waals surface area contributed by atoms with Gasteiger partial charge in [-0.25, -0.2) is 0 Å². The lowest BCUT2D eigenvalue weighted by Crippen LogP contribution is -2.10. The van der Waals surface area contributed by atoms with Crippen LogP contribution in [-0.2, 0) is 5.41 Å². The zero-order chi connectivity index (χ0) is 13.9. The molecule has 0 radical (unpaired) electrons. The van der Waals surface area contributed by atoms with Crippen LogP contribution in [-0.4, -0.2) is 0 Å². The number of benzene rings is 2. The monoisotopic (exact) mass is 252 g/mol. The van der Waals surface area contributed by atoms with Crippen molar-refractivity contribution < 1.29 is 0 Å². The summed E-state index contributed by atoms with van der Waals surface area (Å²) in [4.78, 5) is 0. The van der Waals surface area contributed by atoms with Crippen molar-refractivity contribution in [2.45, 2.75) is 33.1 Å². The maximum Gasteiger partial charge on any atom is 0.0857 e. The van der Waals surface area contributed by atoms with Crippen molar-refractivity contribution >= 4 is 11.4 Å². The van der Waals surface area contributed by atoms with E-state index >= 15 is 0 Å². The first-order valence-electron chi connectivity index (χ1n) is 6.54. The van der Waals surface area contributed by atoms with Crippen molar-refractivity contribution in [3.05, 3.63) is 59.7 Å². The van der Waals surface area contributed by atoms with Gasteiger partial charge in [0.1, 0.15) is 0 Å². The van der Waals surface area contributed by atoms with E-state index in [2.05, 4.69) is 50.1 Å². The summed E-state index contributed by atoms with van der Waals surface area (Å²) in [5.41, 5.74) is 4.47. The lowest BCUT2D eigenvalue weighted by Gasteiger charge is -2.18. The van der Waals surface area contributed by atoms with Crippen LogP contribution in [0.5, 0.6) is 0 Å². The number of hydrogen-bond donors (Lipinski definition) is 0. The first-order valence-corrected chi connectivity index (χ1v) is 6.54. The summed E-state index contributed by atoms with van der Waals surface area (Å²) < 4.78 is 0. The lowest BCUT2D eigenvalue weighted by molar-refractivity contribution is 0.590. The maximum atomic E-state index is 4.25. The van der Waals surface area contributed by atoms with Crippen molar-refractivity contribution in [3.63, 3.8) is 0 Å². The van der Waals surface area contributed by atoms with Gasteiger partial charge in [0, 0.05) is 0 Å². The van der Waals surface area contributed by atoms with Crippen molar-refractivity contribution in [2.75, 3.05) is 0 Å². The summed E-state index contributed by atoms with van der Waals surface area (Å²) >= 11 is 0. The quantitative estimate of drug-likeness (QED) is 0.612. The van der Waals surface area contributed by atoms with Gasteiger partial charge in [0.15, 0.2) is 0 Å². The third kappa shape index (κ3) is 3.75. The van der Waals surface area contributed by atoms with E-state index in [0.717, 1.165) is 11.4 Å². The van der Waals surface area contributed by atoms with Gasteiger partial charge in [-0.15, -0.1) is 0 Å². The van der Waals surface area contributed by atoms with E-state index in [4.69, 9.17) is 0 Å². The molecule has 0 fully saturated rings. The van der Waals surface area contributed by atoms with Crippen LogP contribution in [0.15, 0.2) is 58.8 Å². The molecule has 2 heteroatoms. The Balaban J connectivity index is 2.13. The fraction of sp³-hybridized carbons (Fsp3) is 0.294. The van der Waals surface area contributed by atoms with Crippen molar-refractivity contribution in [3.8, 4) is 0 Å². The highest BCUT2D eigenvalue weighted by Crippen LogP contribution is 2.25. The molecule has 0 amide bonds. The highest BCUT2D eigenvalue weighted by molar-refractivity contribution is 5.42. The Morgan fingerprint density at radius 1 is 0.684 bits per heavy atom. The molecule has 2 rings (SSSR count). The highest BCUT2D eigenvalue weighted by atomic mass is 15.1. The number of nitrogens with zero attached hydrogens (tertiary/aromatic N) is 2. The normalized spacial score (nSPS) is 12.0. The van der Waals surface area contributed by atoms with Crippen molar-refractivity contribution in [1.82, 2.24) is 0 Å². The second-order valence-electron chi connectivity index (χ2n) is 5.83. The first kappa shape index (κ1) is 13.5. The van der Waals surface area contributed by atoms with Crippen LogP contribution in [0.4, 0.5) is 11.4 Å². The highest BCUT2D eigenvalue weighted by Gasteiger charge is 2.12. The predicted octanol–water partition coefficient (Wildman–Crippen LogP) is 5.71. The largest absolute Gasteiger partial charge is 0.151 e. The Hall–Kier alpha value is -1.96. The minimum absolute atomic E-state index is 0.173. The number of azo groups is 1. The molecular formula is C17H20N2. The molecule has 0 aromatic heterocycles. The summed E-state index contributed by atoms with van der Waals surface area (Å²) in [6, 6.07) is 16.3. The third-order valence-electron chi connectivity index (χ3n) is 3.05. The molecule has 0 aliphatic heterocycles. The summed E-state index contributed by atoms with van der Waals surface area (Å²) in [7, 11) is 0. The topological polar surface area (TPSA) is 24.7 Å². The minimum Gasteiger partial charge on any atom is -0.151 e. The molecule has 0 aliphatic carbocycles. The molecule has 98 valence electrons. The molecule has 0 aliphatic rings. The molecule has 0 atom stereocenters. The van der Waals surface area contributed by atoms with Gasteiger partial charge in [-0.1, -0.05) is 50.6 Å². The van der Waals surface area contributed by atoms with Crippen molar-refractivity contribution in [1.29, 1.82) is 0 Å². The summed E-state index contributed by atoms with van der Waals surface area (Å²) in [5, 5.41) is 8.49. The van der Waals surface area contributed by atoms with Gasteiger partial charge >= 0.3 is 0 Å². The van der Waals surface area contributed by atoms with Crippen LogP contribution in [0, 0.1) is 6.92 Å². The Morgan fingerprint density at radius 3 is 1.53 bits per heavy atom. The average molecular weight is 252 g/mol. The zero-order valence-corrected chi connectivity index (χ0v) is 12.0. The summed E-state index contributed by atoms with van der Waals surface area (Å²) in [5.74, 6) is 0. The van der Waals surface area contributed by atoms with E-state index in [1.54, 1.807) is 0 Å². The molecule has 2 aromatic carbocycles. The molecule has 0 saturated carbocycles. The van der Waals surface area contributed by atoms with Gasteiger partial charge in [-0.05, 0) is 42.2 Å². The fourth-order valence-electron chi connectivity index (χ4n) is 1.75. The molecule has 0 bridgehead atoms. The van der Waals surface area contributed by atoms with Gasteiger partial charge in [0.2, 0.25) is 0 Å². The number of aryl methyl sites for hydroxylation is 1. The molecule has 0 spiro atoms. The Bertz CT molecular complexity index is 558. The molecule has 0 N–H and O–H groups in total. The average Bonchev–Trinajstić information content (AvgIpc) is 2.37. The number of rotatable bonds is 2. The summed E-state index contributed by atoms with van der Waals surface area (Å²) in [6.45, 7) is 8.67. The standard InChI is InChI=1S/C17H20N2/c1-13-5-9-15(10-6-13)18-19-16-11-7-14(8-12-16)17(2,3)4/h5-12H,1-4H3. The van der Waals surface area contributed by atoms with Crippen molar-refractivity contribution in [2.24, 2.45) is 10.2 Å². The molecule has 2 nitrogen and oxygen atoms in total. The van der Waals surface area contributed by atoms with E-state index in [-0.39, 0.29) is 5.41 Å². The number of hydrogen-bond acceptors (Lipinski definition) is 2. The predicted molar refractivity (Wildman–Crippen MR) is 80.5 cm³/mol. The smallest absolute Gasteiger partial charge is 0.0857 e. The molecular weight excluding hydrogens is 232 g/mol. The Morgan fingerprint density at radius 2 is 1.11 bits per heavy atom. The van der Waals surface area contributed by atoms with E-state index in [1.165, 1.54) is 11.1 Å². The molecule has 0 heterocycles. The van der Waals surface area contributed by atoms with Crippen LogP contribution in [0.2, 0.25) is 0 Å². The van der Waals surface area contributed by atoms with Gasteiger partial charge in [-0.2, -0.15) is 10.2 Å². The Labute approximate surface area is 115 Å². The fourth-order valence-corrected chi connectivity index (χ4v) is 1.75. The summed E-state index contributed by atoms with van der Waals surface area (Å²) in [6.07, 6.45) is 0. The van der Waals surface area contributed by atoms with E-state index < -0.39 is 0 Å². The van der Waals surface area contributed by atoms with Crippen LogP contribution in [0.1, 0.15) is 31.9 Å². The van der Waals surface area contributed by atoms with Gasteiger partial charge < -0.3 is 0 Å². The van der Waals surface area contributed by atoms with E-state index in [9.17, 15) is 0 Å².